The Kier molecular flexibility index (Phi) is 7.09. The molecule has 1 atom stereocenters. The van der Waals surface area contributed by atoms with E-state index in [1.165, 1.54) is 16.4 Å². The minimum Gasteiger partial charge on any atom is -0.339 e. The molecule has 1 saturated heterocycles. The second kappa shape index (κ2) is 9.30. The summed E-state index contributed by atoms with van der Waals surface area (Å²) in [5, 5.41) is 5.21. The van der Waals surface area contributed by atoms with Crippen LogP contribution in [-0.2, 0) is 24.8 Å². The zero-order chi connectivity index (χ0) is 23.7. The highest BCUT2D eigenvalue weighted by Gasteiger charge is 2.34. The normalized spacial score (nSPS) is 17.1. The first-order valence-corrected chi connectivity index (χ1v) is 13.4. The van der Waals surface area contributed by atoms with Gasteiger partial charge < -0.3 is 4.90 Å². The SMILES string of the molecule is Cc1ccc(S(=O)(=O)N2CCC(C(=O)N(C)C(C)c3cccc(S(N)(=O)=O)c3)CC2)cc1. The van der Waals surface area contributed by atoms with Crippen LogP contribution in [0.1, 0.15) is 36.9 Å². The Hall–Kier alpha value is -2.27. The first kappa shape index (κ1) is 24.4. The van der Waals surface area contributed by atoms with Gasteiger partial charge in [-0.05, 0) is 56.5 Å². The lowest BCUT2D eigenvalue weighted by atomic mass is 9.95. The molecule has 1 fully saturated rings. The summed E-state index contributed by atoms with van der Waals surface area (Å²) in [5.74, 6) is -0.390. The maximum Gasteiger partial charge on any atom is 0.243 e. The summed E-state index contributed by atoms with van der Waals surface area (Å²) >= 11 is 0. The molecule has 2 N–H and O–H groups in total. The van der Waals surface area contributed by atoms with Gasteiger partial charge in [-0.2, -0.15) is 4.31 Å². The maximum absolute atomic E-state index is 13.1. The summed E-state index contributed by atoms with van der Waals surface area (Å²) in [7, 11) is -5.75. The predicted octanol–water partition coefficient (Wildman–Crippen LogP) is 2.26. The molecule has 174 valence electrons. The zero-order valence-corrected chi connectivity index (χ0v) is 20.1. The lowest BCUT2D eigenvalue weighted by Crippen LogP contribution is -2.44. The molecule has 1 amide bonds. The van der Waals surface area contributed by atoms with Crippen LogP contribution < -0.4 is 5.14 Å². The quantitative estimate of drug-likeness (QED) is 0.682. The van der Waals surface area contributed by atoms with E-state index in [4.69, 9.17) is 5.14 Å². The van der Waals surface area contributed by atoms with Crippen LogP contribution in [0.15, 0.2) is 58.3 Å². The van der Waals surface area contributed by atoms with Crippen LogP contribution in [0, 0.1) is 12.8 Å². The summed E-state index contributed by atoms with van der Waals surface area (Å²) < 4.78 is 50.5. The van der Waals surface area contributed by atoms with Crippen molar-refractivity contribution in [3.8, 4) is 0 Å². The monoisotopic (exact) mass is 479 g/mol. The molecule has 0 spiro atoms. The van der Waals surface area contributed by atoms with Crippen LogP contribution in [0.2, 0.25) is 0 Å². The fraction of sp³-hybridized carbons (Fsp3) is 0.409. The van der Waals surface area contributed by atoms with Gasteiger partial charge in [-0.3, -0.25) is 4.79 Å². The third-order valence-corrected chi connectivity index (χ3v) is 8.88. The van der Waals surface area contributed by atoms with Crippen LogP contribution in [0.3, 0.4) is 0 Å². The standard InChI is InChI=1S/C22H29N3O5S2/c1-16-7-9-20(10-8-16)32(29,30)25-13-11-18(12-14-25)22(26)24(3)17(2)19-5-4-6-21(15-19)31(23,27)28/h4-10,15,17-18H,11-14H2,1-3H3,(H2,23,27,28). The second-order valence-electron chi connectivity index (χ2n) is 8.23. The Bertz CT molecular complexity index is 1190. The van der Waals surface area contributed by atoms with Gasteiger partial charge in [0.05, 0.1) is 15.8 Å². The summed E-state index contributed by atoms with van der Waals surface area (Å²) in [5.41, 5.74) is 1.65. The number of amides is 1. The lowest BCUT2D eigenvalue weighted by molar-refractivity contribution is -0.137. The van der Waals surface area contributed by atoms with Crippen LogP contribution >= 0.6 is 0 Å². The van der Waals surface area contributed by atoms with E-state index in [2.05, 4.69) is 0 Å². The van der Waals surface area contributed by atoms with E-state index in [1.54, 1.807) is 48.3 Å². The van der Waals surface area contributed by atoms with Crippen molar-refractivity contribution in [2.45, 2.75) is 42.5 Å². The minimum absolute atomic E-state index is 0.00248. The molecule has 0 aliphatic carbocycles. The number of nitrogens with two attached hydrogens (primary N) is 1. The molecular weight excluding hydrogens is 450 g/mol. The van der Waals surface area contributed by atoms with Gasteiger partial charge >= 0.3 is 0 Å². The van der Waals surface area contributed by atoms with E-state index in [9.17, 15) is 21.6 Å². The molecule has 8 nitrogen and oxygen atoms in total. The molecule has 0 bridgehead atoms. The number of rotatable bonds is 6. The number of nitrogens with zero attached hydrogens (tertiary/aromatic N) is 2. The van der Waals surface area contributed by atoms with E-state index in [1.807, 2.05) is 13.8 Å². The van der Waals surface area contributed by atoms with Crippen molar-refractivity contribution < 1.29 is 21.6 Å². The van der Waals surface area contributed by atoms with Gasteiger partial charge in [0.2, 0.25) is 26.0 Å². The van der Waals surface area contributed by atoms with Crippen LogP contribution in [0.5, 0.6) is 0 Å². The fourth-order valence-electron chi connectivity index (χ4n) is 3.86. The molecule has 2 aromatic carbocycles. The number of hydrogen-bond donors (Lipinski definition) is 1. The van der Waals surface area contributed by atoms with E-state index >= 15 is 0 Å². The second-order valence-corrected chi connectivity index (χ2v) is 11.7. The average molecular weight is 480 g/mol. The molecule has 3 rings (SSSR count). The summed E-state index contributed by atoms with van der Waals surface area (Å²) in [4.78, 5) is 14.9. The molecule has 2 aromatic rings. The number of hydrogen-bond acceptors (Lipinski definition) is 5. The molecule has 32 heavy (non-hydrogen) atoms. The maximum atomic E-state index is 13.1. The predicted molar refractivity (Wildman–Crippen MR) is 122 cm³/mol. The Labute approximate surface area is 190 Å². The van der Waals surface area contributed by atoms with Crippen molar-refractivity contribution in [1.29, 1.82) is 0 Å². The van der Waals surface area contributed by atoms with Crippen molar-refractivity contribution in [2.24, 2.45) is 11.1 Å². The molecular formula is C22H29N3O5S2. The van der Waals surface area contributed by atoms with Crippen LogP contribution in [-0.4, -0.2) is 52.1 Å². The molecule has 1 aliphatic heterocycles. The Balaban J connectivity index is 1.66. The molecule has 1 heterocycles. The topological polar surface area (TPSA) is 118 Å². The highest BCUT2D eigenvalue weighted by molar-refractivity contribution is 7.89. The van der Waals surface area contributed by atoms with E-state index in [0.29, 0.717) is 18.4 Å². The molecule has 1 unspecified atom stereocenters. The largest absolute Gasteiger partial charge is 0.339 e. The van der Waals surface area contributed by atoms with Gasteiger partial charge in [-0.15, -0.1) is 0 Å². The molecule has 0 saturated carbocycles. The summed E-state index contributed by atoms with van der Waals surface area (Å²) in [6.45, 7) is 4.26. The Morgan fingerprint density at radius 1 is 1.03 bits per heavy atom. The van der Waals surface area contributed by atoms with Gasteiger partial charge in [0, 0.05) is 26.1 Å². The summed E-state index contributed by atoms with van der Waals surface area (Å²) in [6, 6.07) is 12.6. The third-order valence-electron chi connectivity index (χ3n) is 6.06. The van der Waals surface area contributed by atoms with Crippen LogP contribution in [0.4, 0.5) is 0 Å². The first-order chi connectivity index (χ1) is 14.9. The highest BCUT2D eigenvalue weighted by atomic mass is 32.2. The van der Waals surface area contributed by atoms with Crippen molar-refractivity contribution in [2.75, 3.05) is 20.1 Å². The first-order valence-electron chi connectivity index (χ1n) is 10.4. The highest BCUT2D eigenvalue weighted by Crippen LogP contribution is 2.28. The number of benzene rings is 2. The fourth-order valence-corrected chi connectivity index (χ4v) is 5.89. The third kappa shape index (κ3) is 5.20. The van der Waals surface area contributed by atoms with Crippen molar-refractivity contribution >= 4 is 26.0 Å². The number of primary sulfonamides is 1. The number of carbonyl (C=O) groups excluding carboxylic acids is 1. The molecule has 10 heteroatoms. The number of carbonyl (C=O) groups is 1. The zero-order valence-electron chi connectivity index (χ0n) is 18.4. The van der Waals surface area contributed by atoms with Gasteiger partial charge in [0.25, 0.3) is 0 Å². The van der Waals surface area contributed by atoms with E-state index < -0.39 is 20.0 Å². The van der Waals surface area contributed by atoms with Gasteiger partial charge in [0.15, 0.2) is 0 Å². The lowest BCUT2D eigenvalue weighted by Gasteiger charge is -2.34. The molecule has 0 radical (unpaired) electrons. The van der Waals surface area contributed by atoms with Crippen LogP contribution in [0.25, 0.3) is 0 Å². The van der Waals surface area contributed by atoms with Crippen molar-refractivity contribution in [3.63, 3.8) is 0 Å². The number of sulfonamides is 2. The van der Waals surface area contributed by atoms with Crippen molar-refractivity contribution in [1.82, 2.24) is 9.21 Å². The minimum atomic E-state index is -3.84. The Morgan fingerprint density at radius 3 is 2.19 bits per heavy atom. The number of aryl methyl sites for hydroxylation is 1. The van der Waals surface area contributed by atoms with Gasteiger partial charge in [-0.1, -0.05) is 29.8 Å². The summed E-state index contributed by atoms with van der Waals surface area (Å²) in [6.07, 6.45) is 0.858. The number of piperidine rings is 1. The average Bonchev–Trinajstić information content (AvgIpc) is 2.77. The van der Waals surface area contributed by atoms with Gasteiger partial charge in [0.1, 0.15) is 0 Å². The van der Waals surface area contributed by atoms with E-state index in [0.717, 1.165) is 5.56 Å². The molecule has 0 aromatic heterocycles. The Morgan fingerprint density at radius 2 is 1.62 bits per heavy atom. The van der Waals surface area contributed by atoms with E-state index in [-0.39, 0.29) is 40.7 Å². The smallest absolute Gasteiger partial charge is 0.243 e. The van der Waals surface area contributed by atoms with Gasteiger partial charge in [-0.25, -0.2) is 22.0 Å². The molecule has 1 aliphatic rings. The van der Waals surface area contributed by atoms with Crippen molar-refractivity contribution in [3.05, 3.63) is 59.7 Å².